The first-order valence-corrected chi connectivity index (χ1v) is 11.1. The topological polar surface area (TPSA) is 102 Å². The summed E-state index contributed by atoms with van der Waals surface area (Å²) in [7, 11) is 0. The van der Waals surface area contributed by atoms with Gasteiger partial charge in [0.1, 0.15) is 6.61 Å². The van der Waals surface area contributed by atoms with Gasteiger partial charge in [0.15, 0.2) is 11.5 Å². The quantitative estimate of drug-likeness (QED) is 0.253. The third kappa shape index (κ3) is 6.94. The third-order valence-electron chi connectivity index (χ3n) is 5.23. The smallest absolute Gasteiger partial charge is 0.373 e. The van der Waals surface area contributed by atoms with Crippen LogP contribution in [0.2, 0.25) is 0 Å². The summed E-state index contributed by atoms with van der Waals surface area (Å²) in [6, 6.07) is 5.73. The summed E-state index contributed by atoms with van der Waals surface area (Å²) >= 11 is 0. The van der Waals surface area contributed by atoms with Crippen molar-refractivity contribution >= 4 is 5.97 Å². The molecule has 3 atom stereocenters. The lowest BCUT2D eigenvalue weighted by atomic mass is 9.81. The zero-order valence-electron chi connectivity index (χ0n) is 18.9. The Labute approximate surface area is 193 Å². The number of rotatable bonds is 14. The minimum Gasteiger partial charge on any atom is -0.457 e. The maximum Gasteiger partial charge on any atom is 0.373 e. The van der Waals surface area contributed by atoms with Crippen molar-refractivity contribution in [1.82, 2.24) is 0 Å². The van der Waals surface area contributed by atoms with Crippen LogP contribution in [0, 0.1) is 5.92 Å². The average molecular weight is 465 g/mol. The lowest BCUT2D eigenvalue weighted by molar-refractivity contribution is -0.176. The van der Waals surface area contributed by atoms with E-state index in [0.717, 1.165) is 5.56 Å². The maximum absolute atomic E-state index is 12.5. The molecule has 0 bridgehead atoms. The van der Waals surface area contributed by atoms with Gasteiger partial charge in [0.25, 0.3) is 0 Å². The standard InChI is InChI=1S/C24H32O9/c1-3-9-30-23(26)22-15-19(17-5-6-20-21(14-17)32-16-31-20)18(24(33-22)29-4-2)7-10-27-12-13-28-11-8-25/h3,5-6,14-15,18-19,24-25H,1,4,7-13,16H2,2H3/t18-,19+,24+/m0/s1. The number of benzene rings is 1. The number of carbonyl (C=O) groups excluding carboxylic acids is 1. The SMILES string of the molecule is C=CCOC(=O)C1=C[C@H](c2ccc3c(c2)OCO3)[C@H](CCOCCOCCO)[C@H](OCC)O1. The van der Waals surface area contributed by atoms with Gasteiger partial charge in [-0.25, -0.2) is 4.79 Å². The first-order chi connectivity index (χ1) is 16.2. The first kappa shape index (κ1) is 25.0. The van der Waals surface area contributed by atoms with E-state index in [2.05, 4.69) is 6.58 Å². The van der Waals surface area contributed by atoms with Crippen LogP contribution in [0.4, 0.5) is 0 Å². The molecule has 0 aromatic heterocycles. The molecule has 1 N–H and O–H groups in total. The number of aliphatic hydroxyl groups is 1. The third-order valence-corrected chi connectivity index (χ3v) is 5.23. The molecule has 2 aliphatic rings. The van der Waals surface area contributed by atoms with Crippen molar-refractivity contribution < 1.29 is 43.1 Å². The van der Waals surface area contributed by atoms with E-state index in [1.165, 1.54) is 6.08 Å². The number of ether oxygens (including phenoxy) is 7. The number of hydrogen-bond donors (Lipinski definition) is 1. The number of allylic oxidation sites excluding steroid dienone is 1. The molecule has 0 radical (unpaired) electrons. The van der Waals surface area contributed by atoms with E-state index in [4.69, 9.17) is 38.3 Å². The molecule has 9 nitrogen and oxygen atoms in total. The summed E-state index contributed by atoms with van der Waals surface area (Å²) < 4.78 is 38.9. The van der Waals surface area contributed by atoms with Crippen molar-refractivity contribution in [2.24, 2.45) is 5.92 Å². The Morgan fingerprint density at radius 1 is 1.18 bits per heavy atom. The summed E-state index contributed by atoms with van der Waals surface area (Å²) in [5.41, 5.74) is 0.942. The van der Waals surface area contributed by atoms with Gasteiger partial charge in [-0.2, -0.15) is 0 Å². The molecule has 0 saturated carbocycles. The molecule has 0 amide bonds. The summed E-state index contributed by atoms with van der Waals surface area (Å²) in [5, 5.41) is 8.77. The van der Waals surface area contributed by atoms with E-state index < -0.39 is 12.3 Å². The number of carbonyl (C=O) groups is 1. The number of aliphatic hydroxyl groups excluding tert-OH is 1. The van der Waals surface area contributed by atoms with Crippen LogP contribution < -0.4 is 9.47 Å². The van der Waals surface area contributed by atoms with Crippen LogP contribution in [0.15, 0.2) is 42.7 Å². The van der Waals surface area contributed by atoms with Gasteiger partial charge < -0.3 is 38.3 Å². The van der Waals surface area contributed by atoms with Crippen molar-refractivity contribution in [3.8, 4) is 11.5 Å². The molecule has 1 aromatic rings. The Balaban J connectivity index is 1.79. The van der Waals surface area contributed by atoms with Crippen LogP contribution in [0.1, 0.15) is 24.8 Å². The van der Waals surface area contributed by atoms with Crippen LogP contribution >= 0.6 is 0 Å². The molecule has 182 valence electrons. The molecule has 0 unspecified atom stereocenters. The monoisotopic (exact) mass is 464 g/mol. The number of fused-ring (bicyclic) bond motifs is 1. The fourth-order valence-electron chi connectivity index (χ4n) is 3.74. The van der Waals surface area contributed by atoms with E-state index in [9.17, 15) is 4.79 Å². The summed E-state index contributed by atoms with van der Waals surface area (Å²) in [6.07, 6.45) is 3.24. The Kier molecular flexibility index (Phi) is 10.0. The molecule has 33 heavy (non-hydrogen) atoms. The second kappa shape index (κ2) is 13.2. The molecule has 3 rings (SSSR count). The second-order valence-corrected chi connectivity index (χ2v) is 7.40. The van der Waals surface area contributed by atoms with Crippen LogP contribution in [0.5, 0.6) is 11.5 Å². The largest absolute Gasteiger partial charge is 0.457 e. The summed E-state index contributed by atoms with van der Waals surface area (Å²) in [5.74, 6) is 0.551. The van der Waals surface area contributed by atoms with E-state index >= 15 is 0 Å². The zero-order chi connectivity index (χ0) is 23.5. The lowest BCUT2D eigenvalue weighted by Crippen LogP contribution is -2.37. The molecule has 1 aromatic carbocycles. The van der Waals surface area contributed by atoms with Gasteiger partial charge in [0, 0.05) is 25.0 Å². The minimum atomic E-state index is -0.657. The molecule has 0 aliphatic carbocycles. The van der Waals surface area contributed by atoms with Crippen molar-refractivity contribution in [1.29, 1.82) is 0 Å². The van der Waals surface area contributed by atoms with Crippen molar-refractivity contribution in [3.63, 3.8) is 0 Å². The highest BCUT2D eigenvalue weighted by Crippen LogP contribution is 2.42. The Hall–Kier alpha value is -2.59. The fourth-order valence-corrected chi connectivity index (χ4v) is 3.74. The molecular weight excluding hydrogens is 432 g/mol. The van der Waals surface area contributed by atoms with Gasteiger partial charge in [0.05, 0.1) is 26.4 Å². The predicted molar refractivity (Wildman–Crippen MR) is 118 cm³/mol. The van der Waals surface area contributed by atoms with Gasteiger partial charge in [-0.15, -0.1) is 0 Å². The van der Waals surface area contributed by atoms with Gasteiger partial charge in [0.2, 0.25) is 18.8 Å². The van der Waals surface area contributed by atoms with Crippen molar-refractivity contribution in [2.45, 2.75) is 25.6 Å². The van der Waals surface area contributed by atoms with E-state index in [-0.39, 0.29) is 44.2 Å². The Morgan fingerprint density at radius 2 is 1.97 bits per heavy atom. The van der Waals surface area contributed by atoms with Gasteiger partial charge in [-0.05, 0) is 37.1 Å². The molecule has 0 spiro atoms. The Bertz CT molecular complexity index is 807. The van der Waals surface area contributed by atoms with Gasteiger partial charge in [-0.3, -0.25) is 0 Å². The lowest BCUT2D eigenvalue weighted by Gasteiger charge is -2.36. The predicted octanol–water partition coefficient (Wildman–Crippen LogP) is 2.54. The first-order valence-electron chi connectivity index (χ1n) is 11.1. The highest BCUT2D eigenvalue weighted by atomic mass is 16.7. The fraction of sp³-hybridized carbons (Fsp3) is 0.542. The highest BCUT2D eigenvalue weighted by molar-refractivity contribution is 5.86. The van der Waals surface area contributed by atoms with Gasteiger partial charge in [-0.1, -0.05) is 18.7 Å². The van der Waals surface area contributed by atoms with Crippen LogP contribution in [-0.4, -0.2) is 70.4 Å². The molecule has 2 heterocycles. The van der Waals surface area contributed by atoms with Crippen molar-refractivity contribution in [3.05, 3.63) is 48.3 Å². The van der Waals surface area contributed by atoms with Crippen molar-refractivity contribution in [2.75, 3.05) is 53.0 Å². The minimum absolute atomic E-state index is 0.0173. The Morgan fingerprint density at radius 3 is 2.73 bits per heavy atom. The molecule has 0 saturated heterocycles. The number of hydrogen-bond acceptors (Lipinski definition) is 9. The molecule has 0 fully saturated rings. The molecule has 2 aliphatic heterocycles. The average Bonchev–Trinajstić information content (AvgIpc) is 3.30. The normalized spacial score (nSPS) is 21.3. The van der Waals surface area contributed by atoms with E-state index in [0.29, 0.717) is 44.3 Å². The van der Waals surface area contributed by atoms with Gasteiger partial charge >= 0.3 is 5.97 Å². The van der Waals surface area contributed by atoms with Crippen LogP contribution in [-0.2, 0) is 28.5 Å². The summed E-state index contributed by atoms with van der Waals surface area (Å²) in [6.45, 7) is 7.66. The van der Waals surface area contributed by atoms with Crippen LogP contribution in [0.3, 0.4) is 0 Å². The number of esters is 1. The molecular formula is C24H32O9. The summed E-state index contributed by atoms with van der Waals surface area (Å²) in [4.78, 5) is 12.5. The maximum atomic E-state index is 12.5. The molecule has 9 heteroatoms. The zero-order valence-corrected chi connectivity index (χ0v) is 18.9. The second-order valence-electron chi connectivity index (χ2n) is 7.40. The highest BCUT2D eigenvalue weighted by Gasteiger charge is 2.39. The van der Waals surface area contributed by atoms with E-state index in [1.54, 1.807) is 6.08 Å². The van der Waals surface area contributed by atoms with Crippen LogP contribution in [0.25, 0.3) is 0 Å². The van der Waals surface area contributed by atoms with E-state index in [1.807, 2.05) is 25.1 Å².